The van der Waals surface area contributed by atoms with E-state index in [-0.39, 0.29) is 18.0 Å². The fraction of sp³-hybridized carbons (Fsp3) is 0.286. The van der Waals surface area contributed by atoms with E-state index in [0.29, 0.717) is 22.9 Å². The fourth-order valence-electron chi connectivity index (χ4n) is 1.98. The van der Waals surface area contributed by atoms with Crippen molar-refractivity contribution in [2.75, 3.05) is 11.1 Å². The lowest BCUT2D eigenvalue weighted by Gasteiger charge is -2.08. The third-order valence-electron chi connectivity index (χ3n) is 3.33. The number of benzene rings is 1. The largest absolute Gasteiger partial charge is 0.398 e. The predicted octanol–water partition coefficient (Wildman–Crippen LogP) is 2.06. The number of carbonyl (C=O) groups excluding carboxylic acids is 1. The Kier molecular flexibility index (Phi) is 4.37. The topological polar surface area (TPSA) is 92.9 Å². The molecule has 0 spiro atoms. The van der Waals surface area contributed by atoms with Gasteiger partial charge in [0.25, 0.3) is 0 Å². The van der Waals surface area contributed by atoms with Crippen LogP contribution in [0.1, 0.15) is 17.8 Å². The van der Waals surface area contributed by atoms with Gasteiger partial charge in [0.1, 0.15) is 0 Å². The number of halogens is 1. The van der Waals surface area contributed by atoms with E-state index in [1.165, 1.54) is 0 Å². The quantitative estimate of drug-likeness (QED) is 0.755. The molecule has 0 aliphatic carbocycles. The molecule has 0 aliphatic rings. The van der Waals surface area contributed by atoms with Crippen LogP contribution in [0.3, 0.4) is 0 Å². The van der Waals surface area contributed by atoms with Crippen molar-refractivity contribution in [3.8, 4) is 0 Å². The van der Waals surface area contributed by atoms with Crippen LogP contribution in [0.4, 0.5) is 11.4 Å². The highest BCUT2D eigenvalue weighted by Gasteiger charge is 2.09. The third-order valence-corrected chi connectivity index (χ3v) is 3.66. The van der Waals surface area contributed by atoms with Crippen LogP contribution in [-0.2, 0) is 11.3 Å². The number of hydrogen-bond acceptors (Lipinski definition) is 3. The van der Waals surface area contributed by atoms with Gasteiger partial charge in [-0.1, -0.05) is 11.6 Å². The van der Waals surface area contributed by atoms with Gasteiger partial charge in [-0.2, -0.15) is 0 Å². The lowest BCUT2D eigenvalue weighted by Crippen LogP contribution is -2.22. The Morgan fingerprint density at radius 3 is 2.71 bits per heavy atom. The smallest absolute Gasteiger partial charge is 0.325 e. The molecule has 2 aromatic rings. The van der Waals surface area contributed by atoms with Crippen LogP contribution in [0.2, 0.25) is 5.02 Å². The van der Waals surface area contributed by atoms with Crippen LogP contribution in [0.25, 0.3) is 0 Å². The molecule has 0 aliphatic heterocycles. The van der Waals surface area contributed by atoms with Gasteiger partial charge in [0, 0.05) is 30.0 Å². The molecule has 4 N–H and O–H groups in total. The highest BCUT2D eigenvalue weighted by atomic mass is 35.5. The number of carbonyl (C=O) groups is 1. The minimum absolute atomic E-state index is 0.194. The molecule has 2 rings (SSSR count). The normalized spacial score (nSPS) is 10.6. The summed E-state index contributed by atoms with van der Waals surface area (Å²) in [7, 11) is 0. The summed E-state index contributed by atoms with van der Waals surface area (Å²) in [5.74, 6) is -0.194. The zero-order chi connectivity index (χ0) is 15.6. The molecule has 7 heteroatoms. The first-order valence-electron chi connectivity index (χ1n) is 6.49. The first-order chi connectivity index (χ1) is 9.88. The molecular weight excluding hydrogens is 292 g/mol. The van der Waals surface area contributed by atoms with E-state index in [2.05, 4.69) is 10.3 Å². The van der Waals surface area contributed by atoms with Gasteiger partial charge in [0.05, 0.1) is 10.7 Å². The molecule has 0 bridgehead atoms. The minimum Gasteiger partial charge on any atom is -0.398 e. The summed E-state index contributed by atoms with van der Waals surface area (Å²) in [6.45, 7) is 3.98. The zero-order valence-electron chi connectivity index (χ0n) is 11.9. The van der Waals surface area contributed by atoms with Gasteiger partial charge in [-0.05, 0) is 32.0 Å². The summed E-state index contributed by atoms with van der Waals surface area (Å²) in [6, 6.07) is 4.89. The van der Waals surface area contributed by atoms with E-state index in [0.717, 1.165) is 11.4 Å². The summed E-state index contributed by atoms with van der Waals surface area (Å²) >= 11 is 5.89. The van der Waals surface area contributed by atoms with E-state index in [9.17, 15) is 9.59 Å². The van der Waals surface area contributed by atoms with Crippen LogP contribution >= 0.6 is 11.6 Å². The molecule has 0 radical (unpaired) electrons. The number of hydrogen-bond donors (Lipinski definition) is 3. The maximum atomic E-state index is 11.9. The summed E-state index contributed by atoms with van der Waals surface area (Å²) in [5, 5.41) is 3.11. The Morgan fingerprint density at radius 2 is 2.14 bits per heavy atom. The number of H-pyrrole nitrogens is 1. The summed E-state index contributed by atoms with van der Waals surface area (Å²) in [6.07, 6.45) is 0.194. The van der Waals surface area contributed by atoms with Gasteiger partial charge in [0.2, 0.25) is 5.91 Å². The number of rotatable bonds is 4. The number of imidazole rings is 1. The van der Waals surface area contributed by atoms with Crippen molar-refractivity contribution in [2.45, 2.75) is 26.8 Å². The second-order valence-corrected chi connectivity index (χ2v) is 5.23. The molecule has 6 nitrogen and oxygen atoms in total. The van der Waals surface area contributed by atoms with Crippen molar-refractivity contribution in [3.05, 3.63) is 45.1 Å². The molecule has 1 aromatic carbocycles. The summed E-state index contributed by atoms with van der Waals surface area (Å²) < 4.78 is 1.55. The van der Waals surface area contributed by atoms with Gasteiger partial charge in [-0.3, -0.25) is 9.36 Å². The first kappa shape index (κ1) is 15.2. The lowest BCUT2D eigenvalue weighted by atomic mass is 10.2. The number of aryl methyl sites for hydroxylation is 1. The second-order valence-electron chi connectivity index (χ2n) is 4.83. The number of nitrogens with zero attached hydrogens (tertiary/aromatic N) is 1. The number of aromatic nitrogens is 2. The Bertz CT molecular complexity index is 733. The maximum Gasteiger partial charge on any atom is 0.325 e. The van der Waals surface area contributed by atoms with Crippen molar-refractivity contribution < 1.29 is 4.79 Å². The zero-order valence-corrected chi connectivity index (χ0v) is 12.6. The van der Waals surface area contributed by atoms with E-state index in [4.69, 9.17) is 17.3 Å². The molecule has 1 heterocycles. The molecule has 0 saturated heterocycles. The Labute approximate surface area is 126 Å². The monoisotopic (exact) mass is 308 g/mol. The Morgan fingerprint density at radius 1 is 1.43 bits per heavy atom. The number of amides is 1. The summed E-state index contributed by atoms with van der Waals surface area (Å²) in [4.78, 5) is 26.3. The highest BCUT2D eigenvalue weighted by molar-refractivity contribution is 6.33. The average molecular weight is 309 g/mol. The molecule has 0 saturated carbocycles. The minimum atomic E-state index is -0.201. The van der Waals surface area contributed by atoms with Gasteiger partial charge < -0.3 is 16.0 Å². The van der Waals surface area contributed by atoms with Crippen LogP contribution < -0.4 is 16.7 Å². The lowest BCUT2D eigenvalue weighted by molar-refractivity contribution is -0.116. The molecule has 0 unspecified atom stereocenters. The Hall–Kier alpha value is -2.21. The van der Waals surface area contributed by atoms with E-state index < -0.39 is 0 Å². The number of aromatic amines is 1. The third kappa shape index (κ3) is 3.46. The summed E-state index contributed by atoms with van der Waals surface area (Å²) in [5.41, 5.74) is 8.09. The standard InChI is InChI=1S/C14H17ClN4O2/c1-8-9(2)19(14(21)17-8)6-5-13(20)18-10-3-4-12(16)11(15)7-10/h3-4,7H,5-6,16H2,1-2H3,(H,17,21)(H,18,20). The van der Waals surface area contributed by atoms with Crippen LogP contribution in [0.5, 0.6) is 0 Å². The van der Waals surface area contributed by atoms with Crippen LogP contribution in [-0.4, -0.2) is 15.5 Å². The average Bonchev–Trinajstić information content (AvgIpc) is 2.66. The van der Waals surface area contributed by atoms with Crippen molar-refractivity contribution >= 4 is 28.9 Å². The van der Waals surface area contributed by atoms with Crippen molar-refractivity contribution in [2.24, 2.45) is 0 Å². The van der Waals surface area contributed by atoms with Crippen molar-refractivity contribution in [1.82, 2.24) is 9.55 Å². The fourth-order valence-corrected chi connectivity index (χ4v) is 2.16. The number of nitrogens with one attached hydrogen (secondary N) is 2. The van der Waals surface area contributed by atoms with E-state index >= 15 is 0 Å². The number of anilines is 2. The van der Waals surface area contributed by atoms with Gasteiger partial charge in [-0.25, -0.2) is 4.79 Å². The van der Waals surface area contributed by atoms with Crippen LogP contribution in [0.15, 0.2) is 23.0 Å². The van der Waals surface area contributed by atoms with Crippen molar-refractivity contribution in [3.63, 3.8) is 0 Å². The SMILES string of the molecule is Cc1[nH]c(=O)n(CCC(=O)Nc2ccc(N)c(Cl)c2)c1C. The number of nitrogens with two attached hydrogens (primary N) is 1. The van der Waals surface area contributed by atoms with Gasteiger partial charge in [0.15, 0.2) is 0 Å². The highest BCUT2D eigenvalue weighted by Crippen LogP contribution is 2.22. The molecule has 112 valence electrons. The molecule has 0 fully saturated rings. The molecule has 0 atom stereocenters. The predicted molar refractivity (Wildman–Crippen MR) is 83.6 cm³/mol. The molecule has 1 aromatic heterocycles. The van der Waals surface area contributed by atoms with Crippen LogP contribution in [0, 0.1) is 13.8 Å². The number of nitrogen functional groups attached to an aromatic ring is 1. The maximum absolute atomic E-state index is 11.9. The van der Waals surface area contributed by atoms with Gasteiger partial charge in [-0.15, -0.1) is 0 Å². The van der Waals surface area contributed by atoms with E-state index in [1.807, 2.05) is 13.8 Å². The molecular formula is C14H17ClN4O2. The van der Waals surface area contributed by atoms with Gasteiger partial charge >= 0.3 is 5.69 Å². The molecule has 1 amide bonds. The van der Waals surface area contributed by atoms with Crippen molar-refractivity contribution in [1.29, 1.82) is 0 Å². The van der Waals surface area contributed by atoms with E-state index in [1.54, 1.807) is 22.8 Å². The Balaban J connectivity index is 1.99. The second kappa shape index (κ2) is 6.05. The first-order valence-corrected chi connectivity index (χ1v) is 6.87. The molecule has 21 heavy (non-hydrogen) atoms.